The van der Waals surface area contributed by atoms with Crippen molar-refractivity contribution in [2.45, 2.75) is 72.3 Å². The summed E-state index contributed by atoms with van der Waals surface area (Å²) in [6.45, 7) is 11.4. The summed E-state index contributed by atoms with van der Waals surface area (Å²) in [7, 11) is 1.98. The van der Waals surface area contributed by atoms with Crippen LogP contribution < -0.4 is 5.73 Å². The lowest BCUT2D eigenvalue weighted by Gasteiger charge is -2.50. The molecule has 0 unspecified atom stereocenters. The molecule has 0 spiro atoms. The lowest BCUT2D eigenvalue weighted by atomic mass is 9.58. The average molecular weight is 312 g/mol. The molecule has 0 bridgehead atoms. The van der Waals surface area contributed by atoms with E-state index in [2.05, 4.69) is 39.7 Å². The molecule has 1 aliphatic rings. The topological polar surface area (TPSA) is 43.8 Å². The fraction of sp³-hybridized carbons (Fsp3) is 0.824. The lowest BCUT2D eigenvalue weighted by molar-refractivity contribution is 0.0479. The van der Waals surface area contributed by atoms with E-state index in [1.807, 2.05) is 11.7 Å². The molecule has 21 heavy (non-hydrogen) atoms. The Morgan fingerprint density at radius 3 is 2.10 bits per heavy atom. The molecule has 1 saturated carbocycles. The van der Waals surface area contributed by atoms with E-state index >= 15 is 0 Å². The Morgan fingerprint density at radius 2 is 1.67 bits per heavy atom. The summed E-state index contributed by atoms with van der Waals surface area (Å²) < 4.78 is 1.92. The molecule has 0 aromatic carbocycles. The van der Waals surface area contributed by atoms with Gasteiger partial charge in [0.15, 0.2) is 0 Å². The molecule has 2 rings (SSSR count). The van der Waals surface area contributed by atoms with Crippen LogP contribution in [-0.2, 0) is 19.9 Å². The van der Waals surface area contributed by atoms with Crippen LogP contribution in [-0.4, -0.2) is 15.3 Å². The van der Waals surface area contributed by atoms with Crippen LogP contribution in [0.3, 0.4) is 0 Å². The van der Waals surface area contributed by atoms with E-state index in [9.17, 15) is 0 Å². The van der Waals surface area contributed by atoms with E-state index in [1.165, 1.54) is 6.42 Å². The molecule has 1 fully saturated rings. The summed E-state index contributed by atoms with van der Waals surface area (Å²) in [6, 6.07) is 0. The molecule has 0 saturated heterocycles. The summed E-state index contributed by atoms with van der Waals surface area (Å²) in [5.41, 5.74) is 9.24. The maximum atomic E-state index is 6.83. The maximum Gasteiger partial charge on any atom is 0.0850 e. The van der Waals surface area contributed by atoms with Crippen molar-refractivity contribution in [2.24, 2.45) is 23.6 Å². The molecule has 1 aromatic rings. The van der Waals surface area contributed by atoms with Crippen molar-refractivity contribution >= 4 is 11.6 Å². The predicted molar refractivity (Wildman–Crippen MR) is 89.6 cm³/mol. The van der Waals surface area contributed by atoms with E-state index in [4.69, 9.17) is 17.3 Å². The third-order valence-electron chi connectivity index (χ3n) is 4.64. The van der Waals surface area contributed by atoms with Crippen LogP contribution in [0.15, 0.2) is 0 Å². The number of rotatable bonds is 3. The van der Waals surface area contributed by atoms with Crippen LogP contribution in [0.1, 0.15) is 65.3 Å². The number of hydrogen-bond acceptors (Lipinski definition) is 2. The van der Waals surface area contributed by atoms with Crippen molar-refractivity contribution < 1.29 is 0 Å². The van der Waals surface area contributed by atoms with Crippen LogP contribution in [0.25, 0.3) is 0 Å². The van der Waals surface area contributed by atoms with Gasteiger partial charge in [0.25, 0.3) is 0 Å². The molecule has 0 amide bonds. The molecule has 0 radical (unpaired) electrons. The lowest BCUT2D eigenvalue weighted by Crippen LogP contribution is -2.53. The van der Waals surface area contributed by atoms with Crippen molar-refractivity contribution in [1.29, 1.82) is 0 Å². The monoisotopic (exact) mass is 311 g/mol. The standard InChI is InChI=1S/C17H30ClN3/c1-7-12-14(18)13(21(6)20-12)8-17(19)10-15(2,3)9-16(4,5)11-17/h7-11,19H2,1-6H3. The highest BCUT2D eigenvalue weighted by atomic mass is 35.5. The minimum absolute atomic E-state index is 0.201. The van der Waals surface area contributed by atoms with Gasteiger partial charge in [-0.15, -0.1) is 0 Å². The van der Waals surface area contributed by atoms with E-state index in [1.54, 1.807) is 0 Å². The fourth-order valence-electron chi connectivity index (χ4n) is 4.86. The van der Waals surface area contributed by atoms with Crippen molar-refractivity contribution in [3.63, 3.8) is 0 Å². The van der Waals surface area contributed by atoms with Gasteiger partial charge in [0, 0.05) is 19.0 Å². The van der Waals surface area contributed by atoms with Gasteiger partial charge in [0.1, 0.15) is 0 Å². The second-order valence-corrected chi connectivity index (χ2v) is 8.96. The number of halogens is 1. The van der Waals surface area contributed by atoms with Gasteiger partial charge in [0.2, 0.25) is 0 Å². The number of aromatic nitrogens is 2. The predicted octanol–water partition coefficient (Wildman–Crippen LogP) is 4.11. The zero-order valence-electron chi connectivity index (χ0n) is 14.4. The van der Waals surface area contributed by atoms with Crippen LogP contribution in [0, 0.1) is 10.8 Å². The van der Waals surface area contributed by atoms with Crippen molar-refractivity contribution in [2.75, 3.05) is 0 Å². The number of hydrogen-bond donors (Lipinski definition) is 1. The second-order valence-electron chi connectivity index (χ2n) is 8.58. The Hall–Kier alpha value is -0.540. The van der Waals surface area contributed by atoms with Gasteiger partial charge in [0.05, 0.1) is 16.4 Å². The Kier molecular flexibility index (Phi) is 4.23. The highest BCUT2D eigenvalue weighted by Crippen LogP contribution is 2.50. The van der Waals surface area contributed by atoms with Crippen molar-refractivity contribution in [3.8, 4) is 0 Å². The molecule has 1 heterocycles. The minimum Gasteiger partial charge on any atom is -0.325 e. The zero-order chi connectivity index (χ0) is 16.1. The van der Waals surface area contributed by atoms with Gasteiger partial charge in [-0.2, -0.15) is 5.10 Å². The Bertz CT molecular complexity index is 512. The Labute approximate surface area is 134 Å². The van der Waals surface area contributed by atoms with Crippen molar-refractivity contribution in [3.05, 3.63) is 16.4 Å². The SMILES string of the molecule is CCc1nn(C)c(CC2(N)CC(C)(C)CC(C)(C)C2)c1Cl. The summed E-state index contributed by atoms with van der Waals surface area (Å²) in [5, 5.41) is 5.34. The summed E-state index contributed by atoms with van der Waals surface area (Å²) in [6.07, 6.45) is 4.96. The smallest absolute Gasteiger partial charge is 0.0850 e. The number of nitrogens with two attached hydrogens (primary N) is 1. The van der Waals surface area contributed by atoms with Gasteiger partial charge in [-0.25, -0.2) is 0 Å². The number of aryl methyl sites for hydroxylation is 2. The minimum atomic E-state index is -0.201. The van der Waals surface area contributed by atoms with Gasteiger partial charge < -0.3 is 5.73 Å². The van der Waals surface area contributed by atoms with Crippen LogP contribution >= 0.6 is 11.6 Å². The van der Waals surface area contributed by atoms with Crippen molar-refractivity contribution in [1.82, 2.24) is 9.78 Å². The molecule has 3 nitrogen and oxygen atoms in total. The highest BCUT2D eigenvalue weighted by Gasteiger charge is 2.45. The van der Waals surface area contributed by atoms with Gasteiger partial charge in [-0.05, 0) is 36.5 Å². The zero-order valence-corrected chi connectivity index (χ0v) is 15.1. The molecule has 4 heteroatoms. The Balaban J connectivity index is 2.31. The molecule has 1 aliphatic carbocycles. The third kappa shape index (κ3) is 3.62. The summed E-state index contributed by atoms with van der Waals surface area (Å²) in [5.74, 6) is 0. The third-order valence-corrected chi connectivity index (χ3v) is 5.08. The maximum absolute atomic E-state index is 6.83. The molecule has 2 N–H and O–H groups in total. The van der Waals surface area contributed by atoms with E-state index < -0.39 is 0 Å². The first-order valence-corrected chi connectivity index (χ1v) is 8.34. The highest BCUT2D eigenvalue weighted by molar-refractivity contribution is 6.31. The molecule has 0 aliphatic heterocycles. The normalized spacial score (nSPS) is 23.2. The molecule has 1 aromatic heterocycles. The quantitative estimate of drug-likeness (QED) is 0.912. The van der Waals surface area contributed by atoms with Gasteiger partial charge in [-0.1, -0.05) is 46.2 Å². The molecule has 120 valence electrons. The number of nitrogens with zero attached hydrogens (tertiary/aromatic N) is 2. The summed E-state index contributed by atoms with van der Waals surface area (Å²) >= 11 is 6.51. The van der Waals surface area contributed by atoms with Gasteiger partial charge >= 0.3 is 0 Å². The average Bonchev–Trinajstić information content (AvgIpc) is 2.51. The fourth-order valence-corrected chi connectivity index (χ4v) is 5.22. The van der Waals surface area contributed by atoms with Crippen LogP contribution in [0.2, 0.25) is 5.02 Å². The second kappa shape index (κ2) is 5.27. The first-order valence-electron chi connectivity index (χ1n) is 7.96. The Morgan fingerprint density at radius 1 is 1.14 bits per heavy atom. The molecular formula is C17H30ClN3. The first kappa shape index (κ1) is 16.8. The van der Waals surface area contributed by atoms with E-state index in [-0.39, 0.29) is 16.4 Å². The molecule has 0 atom stereocenters. The van der Waals surface area contributed by atoms with E-state index in [0.717, 1.165) is 42.1 Å². The van der Waals surface area contributed by atoms with Gasteiger partial charge in [-0.3, -0.25) is 4.68 Å². The van der Waals surface area contributed by atoms with E-state index in [0.29, 0.717) is 0 Å². The first-order chi connectivity index (χ1) is 9.47. The van der Waals surface area contributed by atoms with Crippen LogP contribution in [0.5, 0.6) is 0 Å². The van der Waals surface area contributed by atoms with Crippen LogP contribution in [0.4, 0.5) is 0 Å². The summed E-state index contributed by atoms with van der Waals surface area (Å²) in [4.78, 5) is 0. The molecular weight excluding hydrogens is 282 g/mol. The largest absolute Gasteiger partial charge is 0.325 e.